The van der Waals surface area contributed by atoms with Crippen LogP contribution in [0.25, 0.3) is 5.65 Å². The Morgan fingerprint density at radius 2 is 1.73 bits per heavy atom. The summed E-state index contributed by atoms with van der Waals surface area (Å²) >= 11 is 0. The van der Waals surface area contributed by atoms with Crippen molar-refractivity contribution in [1.29, 1.82) is 0 Å². The van der Waals surface area contributed by atoms with Crippen LogP contribution in [0.15, 0.2) is 48.7 Å². The second-order valence-electron chi connectivity index (χ2n) is 14.6. The molecule has 2 unspecified atom stereocenters. The fourth-order valence-corrected chi connectivity index (χ4v) is 6.14. The van der Waals surface area contributed by atoms with E-state index in [9.17, 15) is 4.79 Å². The van der Waals surface area contributed by atoms with Crippen molar-refractivity contribution < 1.29 is 19.0 Å². The zero-order valence-corrected chi connectivity index (χ0v) is 29.0. The summed E-state index contributed by atoms with van der Waals surface area (Å²) in [7, 11) is 0. The number of amides is 2. The molecule has 0 bridgehead atoms. The van der Waals surface area contributed by atoms with Crippen molar-refractivity contribution in [2.24, 2.45) is 0 Å². The van der Waals surface area contributed by atoms with Gasteiger partial charge in [0.2, 0.25) is 0 Å². The number of morpholine rings is 1. The highest BCUT2D eigenvalue weighted by Gasteiger charge is 2.30. The number of benzene rings is 1. The number of ether oxygens (including phenoxy) is 3. The zero-order valence-electron chi connectivity index (χ0n) is 29.0. The van der Waals surface area contributed by atoms with E-state index in [2.05, 4.69) is 84.4 Å². The zero-order chi connectivity index (χ0) is 33.9. The lowest BCUT2D eigenvalue weighted by atomic mass is 9.85. The maximum Gasteiger partial charge on any atom is 0.320 e. The molecule has 12 nitrogen and oxygen atoms in total. The highest BCUT2D eigenvalue weighted by atomic mass is 16.5. The fraction of sp³-hybridized carbons (Fsp3) is 0.528. The van der Waals surface area contributed by atoms with Crippen LogP contribution in [0.4, 0.5) is 10.6 Å². The van der Waals surface area contributed by atoms with Crippen molar-refractivity contribution in [1.82, 2.24) is 34.8 Å². The highest BCUT2D eigenvalue weighted by Crippen LogP contribution is 2.39. The molecule has 2 atom stereocenters. The smallest absolute Gasteiger partial charge is 0.320 e. The number of rotatable bonds is 9. The Hall–Kier alpha value is -4.13. The highest BCUT2D eigenvalue weighted by molar-refractivity contribution is 5.88. The number of pyridine rings is 1. The lowest BCUT2D eigenvalue weighted by Crippen LogP contribution is -2.38. The van der Waals surface area contributed by atoms with Gasteiger partial charge < -0.3 is 19.5 Å². The van der Waals surface area contributed by atoms with Crippen molar-refractivity contribution in [3.8, 4) is 5.75 Å². The van der Waals surface area contributed by atoms with Crippen molar-refractivity contribution in [2.75, 3.05) is 44.8 Å². The van der Waals surface area contributed by atoms with Gasteiger partial charge in [0.15, 0.2) is 11.5 Å². The van der Waals surface area contributed by atoms with E-state index >= 15 is 0 Å². The molecule has 2 aliphatic rings. The third-order valence-electron chi connectivity index (χ3n) is 8.73. The van der Waals surface area contributed by atoms with Gasteiger partial charge in [0.05, 0.1) is 37.8 Å². The number of aromatic nitrogens is 5. The van der Waals surface area contributed by atoms with Crippen LogP contribution >= 0.6 is 0 Å². The minimum atomic E-state index is -0.320. The molecule has 4 aromatic rings. The molecule has 3 aromatic heterocycles. The van der Waals surface area contributed by atoms with Gasteiger partial charge in [0, 0.05) is 36.5 Å². The Balaban J connectivity index is 1.11. The van der Waals surface area contributed by atoms with Crippen LogP contribution in [0, 0.1) is 0 Å². The number of hydrogen-bond donors (Lipinski definition) is 2. The number of carbonyl (C=O) groups excluding carboxylic acids is 1. The van der Waals surface area contributed by atoms with Crippen LogP contribution in [0.3, 0.4) is 0 Å². The summed E-state index contributed by atoms with van der Waals surface area (Å²) in [6.07, 6.45) is 3.27. The largest absolute Gasteiger partial charge is 0.484 e. The van der Waals surface area contributed by atoms with E-state index in [1.807, 2.05) is 40.9 Å². The van der Waals surface area contributed by atoms with E-state index in [-0.39, 0.29) is 35.6 Å². The second-order valence-corrected chi connectivity index (χ2v) is 14.6. The summed E-state index contributed by atoms with van der Waals surface area (Å²) < 4.78 is 19.9. The predicted molar refractivity (Wildman–Crippen MR) is 183 cm³/mol. The summed E-state index contributed by atoms with van der Waals surface area (Å²) in [4.78, 5) is 25.1. The molecule has 0 radical (unpaired) electrons. The Bertz CT molecular complexity index is 1720. The monoisotopic (exact) mass is 656 g/mol. The molecule has 6 rings (SSSR count). The van der Waals surface area contributed by atoms with Crippen LogP contribution < -0.4 is 15.4 Å². The third-order valence-corrected chi connectivity index (χ3v) is 8.73. The molecule has 1 aromatic carbocycles. The minimum Gasteiger partial charge on any atom is -0.484 e. The first-order valence-electron chi connectivity index (χ1n) is 16.9. The number of carbonyl (C=O) groups is 1. The van der Waals surface area contributed by atoms with E-state index in [4.69, 9.17) is 19.2 Å². The van der Waals surface area contributed by atoms with Gasteiger partial charge in [-0.3, -0.25) is 14.6 Å². The van der Waals surface area contributed by atoms with Gasteiger partial charge in [-0.1, -0.05) is 65.8 Å². The summed E-state index contributed by atoms with van der Waals surface area (Å²) in [6.45, 7) is 17.7. The summed E-state index contributed by atoms with van der Waals surface area (Å²) in [6, 6.07) is 13.4. The molecule has 1 aliphatic carbocycles. The molecular weight excluding hydrogens is 608 g/mol. The van der Waals surface area contributed by atoms with E-state index in [0.29, 0.717) is 18.2 Å². The molecule has 48 heavy (non-hydrogen) atoms. The molecule has 1 aliphatic heterocycles. The van der Waals surface area contributed by atoms with Crippen molar-refractivity contribution >= 4 is 17.5 Å². The van der Waals surface area contributed by atoms with Crippen LogP contribution in [-0.4, -0.2) is 75.0 Å². The lowest BCUT2D eigenvalue weighted by molar-refractivity contribution is 0.0172. The average Bonchev–Trinajstić information content (AvgIpc) is 3.49. The van der Waals surface area contributed by atoms with Gasteiger partial charge in [-0.15, -0.1) is 10.2 Å². The molecule has 2 N–H and O–H groups in total. The van der Waals surface area contributed by atoms with Gasteiger partial charge >= 0.3 is 6.03 Å². The average molecular weight is 657 g/mol. The van der Waals surface area contributed by atoms with Gasteiger partial charge in [-0.25, -0.2) is 14.8 Å². The SMILES string of the molecule is CC(C)(C)c1cc(NC(=O)NC2CCC(Oc3ccc4nnc(C(C)(C)C)n4c3)c3ccccc32)nc(COCCN2CCOCC2)n1. The molecule has 4 heterocycles. The first-order valence-corrected chi connectivity index (χ1v) is 16.9. The molecule has 12 heteroatoms. The van der Waals surface area contributed by atoms with Crippen molar-refractivity contribution in [3.05, 3.63) is 77.1 Å². The Labute approximate surface area is 282 Å². The number of nitrogens with zero attached hydrogens (tertiary/aromatic N) is 6. The minimum absolute atomic E-state index is 0.156. The normalized spacial score (nSPS) is 18.8. The van der Waals surface area contributed by atoms with Crippen LogP contribution in [-0.2, 0) is 26.9 Å². The Kier molecular flexibility index (Phi) is 9.95. The fourth-order valence-electron chi connectivity index (χ4n) is 6.14. The number of fused-ring (bicyclic) bond motifs is 2. The van der Waals surface area contributed by atoms with Crippen LogP contribution in [0.1, 0.15) is 95.0 Å². The van der Waals surface area contributed by atoms with Gasteiger partial charge in [-0.2, -0.15) is 0 Å². The molecule has 0 saturated carbocycles. The van der Waals surface area contributed by atoms with Crippen molar-refractivity contribution in [2.45, 2.75) is 84.0 Å². The summed E-state index contributed by atoms with van der Waals surface area (Å²) in [5.41, 5.74) is 3.32. The Morgan fingerprint density at radius 1 is 0.958 bits per heavy atom. The van der Waals surface area contributed by atoms with E-state index in [0.717, 1.165) is 79.7 Å². The predicted octanol–water partition coefficient (Wildman–Crippen LogP) is 5.74. The maximum absolute atomic E-state index is 13.4. The molecule has 0 spiro atoms. The van der Waals surface area contributed by atoms with Gasteiger partial charge in [-0.05, 0) is 36.1 Å². The standard InChI is InChI=1S/C36H48N8O4/c1-35(2,3)29-21-30(39-31(38-29)23-47-20-17-43-15-18-46-19-16-43)40-34(45)37-27-12-13-28(26-10-8-7-9-25(26)27)48-24-11-14-32-41-42-33(36(4,5)6)44(32)22-24/h7-11,14,21-22,27-28H,12-13,15-20,23H2,1-6H3,(H2,37,38,39,40,45). The van der Waals surface area contributed by atoms with Gasteiger partial charge in [0.1, 0.15) is 30.1 Å². The van der Waals surface area contributed by atoms with E-state index in [1.165, 1.54) is 0 Å². The number of nitrogens with one attached hydrogen (secondary N) is 2. The molecule has 256 valence electrons. The molecule has 1 fully saturated rings. The van der Waals surface area contributed by atoms with Gasteiger partial charge in [0.25, 0.3) is 0 Å². The number of anilines is 1. The lowest BCUT2D eigenvalue weighted by Gasteiger charge is -2.32. The molecule has 1 saturated heterocycles. The van der Waals surface area contributed by atoms with E-state index in [1.54, 1.807) is 0 Å². The van der Waals surface area contributed by atoms with E-state index < -0.39 is 0 Å². The number of urea groups is 1. The quantitative estimate of drug-likeness (QED) is 0.217. The topological polar surface area (TPSA) is 128 Å². The summed E-state index contributed by atoms with van der Waals surface area (Å²) in [5, 5.41) is 14.9. The summed E-state index contributed by atoms with van der Waals surface area (Å²) in [5.74, 6) is 2.62. The first kappa shape index (κ1) is 33.8. The van der Waals surface area contributed by atoms with Crippen LogP contribution in [0.5, 0.6) is 5.75 Å². The Morgan fingerprint density at radius 3 is 2.48 bits per heavy atom. The van der Waals surface area contributed by atoms with Crippen molar-refractivity contribution in [3.63, 3.8) is 0 Å². The maximum atomic E-state index is 13.4. The van der Waals surface area contributed by atoms with Crippen LogP contribution in [0.2, 0.25) is 0 Å². The number of hydrogen-bond acceptors (Lipinski definition) is 9. The second kappa shape index (κ2) is 14.2. The molecular formula is C36H48N8O4. The molecule has 2 amide bonds. The first-order chi connectivity index (χ1) is 22.9. The third kappa shape index (κ3) is 8.11.